The highest BCUT2D eigenvalue weighted by molar-refractivity contribution is 7.89. The third-order valence-corrected chi connectivity index (χ3v) is 7.60. The number of amides is 1. The van der Waals surface area contributed by atoms with Gasteiger partial charge in [0.1, 0.15) is 6.54 Å². The molecular formula is C20H28N4O4S. The van der Waals surface area contributed by atoms with E-state index in [1.54, 1.807) is 15.3 Å². The molecule has 158 valence electrons. The maximum absolute atomic E-state index is 13.1. The number of likely N-dealkylation sites (N-methyl/N-ethyl adjacent to an activating group) is 1. The van der Waals surface area contributed by atoms with Crippen molar-refractivity contribution in [2.75, 3.05) is 19.6 Å². The maximum Gasteiger partial charge on any atom is 0.348 e. The van der Waals surface area contributed by atoms with E-state index in [9.17, 15) is 18.0 Å². The van der Waals surface area contributed by atoms with E-state index in [-0.39, 0.29) is 23.4 Å². The van der Waals surface area contributed by atoms with E-state index in [1.807, 2.05) is 20.8 Å². The zero-order valence-corrected chi connectivity index (χ0v) is 18.0. The average Bonchev–Trinajstić information content (AvgIpc) is 2.71. The molecule has 3 rings (SSSR count). The summed E-state index contributed by atoms with van der Waals surface area (Å²) in [6.45, 7) is 7.18. The number of rotatable bonds is 6. The summed E-state index contributed by atoms with van der Waals surface area (Å²) in [7, 11) is -3.63. The fourth-order valence-corrected chi connectivity index (χ4v) is 5.60. The van der Waals surface area contributed by atoms with Gasteiger partial charge in [-0.2, -0.15) is 4.31 Å². The first kappa shape index (κ1) is 21.4. The monoisotopic (exact) mass is 420 g/mol. The Balaban J connectivity index is 2.00. The SMILES string of the molecule is CCN(CC)C(=O)Cn1c(=O)ncc2cc(S(=O)(=O)N3CCCCC3C)ccc21. The highest BCUT2D eigenvalue weighted by atomic mass is 32.2. The topological polar surface area (TPSA) is 92.6 Å². The number of piperidine rings is 1. The van der Waals surface area contributed by atoms with Gasteiger partial charge in [0, 0.05) is 37.3 Å². The number of benzene rings is 1. The number of fused-ring (bicyclic) bond motifs is 1. The van der Waals surface area contributed by atoms with E-state index >= 15 is 0 Å². The van der Waals surface area contributed by atoms with Crippen LogP contribution in [0.2, 0.25) is 0 Å². The molecule has 1 saturated heterocycles. The molecule has 1 fully saturated rings. The molecule has 1 aliphatic heterocycles. The van der Waals surface area contributed by atoms with Gasteiger partial charge >= 0.3 is 5.69 Å². The number of hydrogen-bond acceptors (Lipinski definition) is 5. The first-order chi connectivity index (χ1) is 13.8. The molecule has 2 aromatic rings. The molecule has 0 spiro atoms. The number of hydrogen-bond donors (Lipinski definition) is 0. The van der Waals surface area contributed by atoms with Crippen LogP contribution < -0.4 is 5.69 Å². The van der Waals surface area contributed by atoms with Crippen LogP contribution in [0, 0.1) is 0 Å². The van der Waals surface area contributed by atoms with Crippen LogP contribution in [0.15, 0.2) is 34.1 Å². The Labute approximate surface area is 171 Å². The summed E-state index contributed by atoms with van der Waals surface area (Å²) in [6, 6.07) is 4.60. The Morgan fingerprint density at radius 2 is 1.97 bits per heavy atom. The lowest BCUT2D eigenvalue weighted by Gasteiger charge is -2.32. The molecule has 0 aliphatic carbocycles. The number of carbonyl (C=O) groups is 1. The second-order valence-corrected chi connectivity index (χ2v) is 9.26. The van der Waals surface area contributed by atoms with Gasteiger partial charge in [0.05, 0.1) is 10.4 Å². The molecular weight excluding hydrogens is 392 g/mol. The van der Waals surface area contributed by atoms with Crippen molar-refractivity contribution in [1.82, 2.24) is 18.8 Å². The van der Waals surface area contributed by atoms with E-state index < -0.39 is 15.7 Å². The lowest BCUT2D eigenvalue weighted by atomic mass is 10.1. The van der Waals surface area contributed by atoms with E-state index in [1.165, 1.54) is 22.9 Å². The van der Waals surface area contributed by atoms with E-state index in [0.29, 0.717) is 30.5 Å². The van der Waals surface area contributed by atoms with E-state index in [4.69, 9.17) is 0 Å². The van der Waals surface area contributed by atoms with Gasteiger partial charge < -0.3 is 4.90 Å². The maximum atomic E-state index is 13.1. The lowest BCUT2D eigenvalue weighted by molar-refractivity contribution is -0.131. The zero-order chi connectivity index (χ0) is 21.2. The van der Waals surface area contributed by atoms with Crippen LogP contribution in [0.1, 0.15) is 40.0 Å². The Morgan fingerprint density at radius 3 is 2.62 bits per heavy atom. The lowest BCUT2D eigenvalue weighted by Crippen LogP contribution is -2.41. The second kappa shape index (κ2) is 8.62. The van der Waals surface area contributed by atoms with Crippen LogP contribution >= 0.6 is 0 Å². The number of aromatic nitrogens is 2. The van der Waals surface area contributed by atoms with Crippen molar-refractivity contribution in [3.63, 3.8) is 0 Å². The molecule has 1 amide bonds. The molecule has 1 aromatic heterocycles. The van der Waals surface area contributed by atoms with E-state index in [0.717, 1.165) is 19.3 Å². The summed E-state index contributed by atoms with van der Waals surface area (Å²) in [5, 5.41) is 0.516. The Morgan fingerprint density at radius 1 is 1.24 bits per heavy atom. The Bertz CT molecular complexity index is 1060. The summed E-state index contributed by atoms with van der Waals surface area (Å²) in [6.07, 6.45) is 4.10. The quantitative estimate of drug-likeness (QED) is 0.711. The van der Waals surface area contributed by atoms with Gasteiger partial charge in [-0.3, -0.25) is 9.36 Å². The van der Waals surface area contributed by atoms with Gasteiger partial charge in [-0.25, -0.2) is 18.2 Å². The van der Waals surface area contributed by atoms with Crippen LogP contribution in [0.5, 0.6) is 0 Å². The highest BCUT2D eigenvalue weighted by Gasteiger charge is 2.31. The van der Waals surface area contributed by atoms with E-state index in [2.05, 4.69) is 4.98 Å². The van der Waals surface area contributed by atoms with Crippen molar-refractivity contribution in [3.8, 4) is 0 Å². The first-order valence-corrected chi connectivity index (χ1v) is 11.5. The smallest absolute Gasteiger partial charge is 0.342 e. The van der Waals surface area contributed by atoms with Gasteiger partial charge in [0.25, 0.3) is 0 Å². The molecule has 1 atom stereocenters. The summed E-state index contributed by atoms with van der Waals surface area (Å²) in [5.41, 5.74) is -0.0329. The van der Waals surface area contributed by atoms with Crippen molar-refractivity contribution in [2.24, 2.45) is 0 Å². The standard InChI is InChI=1S/C20H28N4O4S/c1-4-22(5-2)19(25)14-23-18-10-9-17(12-16(18)13-21-20(23)26)29(27,28)24-11-7-6-8-15(24)3/h9-10,12-13,15H,4-8,11,14H2,1-3H3. The highest BCUT2D eigenvalue weighted by Crippen LogP contribution is 2.26. The van der Waals surface area contributed by atoms with Crippen LogP contribution in [-0.4, -0.2) is 58.8 Å². The number of nitrogens with zero attached hydrogens (tertiary/aromatic N) is 4. The van der Waals surface area contributed by atoms with Gasteiger partial charge in [0.2, 0.25) is 15.9 Å². The van der Waals surface area contributed by atoms with Crippen LogP contribution in [-0.2, 0) is 21.4 Å². The van der Waals surface area contributed by atoms with Crippen LogP contribution in [0.3, 0.4) is 0 Å². The van der Waals surface area contributed by atoms with Crippen molar-refractivity contribution in [1.29, 1.82) is 0 Å². The van der Waals surface area contributed by atoms with Crippen molar-refractivity contribution < 1.29 is 13.2 Å². The fourth-order valence-electron chi connectivity index (χ4n) is 3.87. The third kappa shape index (κ3) is 4.20. The van der Waals surface area contributed by atoms with Gasteiger partial charge in [-0.1, -0.05) is 6.42 Å². The molecule has 0 bridgehead atoms. The van der Waals surface area contributed by atoms with Crippen LogP contribution in [0.25, 0.3) is 10.9 Å². The van der Waals surface area contributed by atoms with Gasteiger partial charge in [-0.15, -0.1) is 0 Å². The molecule has 0 N–H and O–H groups in total. The summed E-state index contributed by atoms with van der Waals surface area (Å²) >= 11 is 0. The summed E-state index contributed by atoms with van der Waals surface area (Å²) in [5.74, 6) is -0.176. The average molecular weight is 421 g/mol. The predicted molar refractivity (Wildman–Crippen MR) is 111 cm³/mol. The second-order valence-electron chi connectivity index (χ2n) is 7.37. The largest absolute Gasteiger partial charge is 0.348 e. The summed E-state index contributed by atoms with van der Waals surface area (Å²) in [4.78, 5) is 30.4. The van der Waals surface area contributed by atoms with Crippen molar-refractivity contribution in [2.45, 2.75) is 57.5 Å². The molecule has 1 aliphatic rings. The van der Waals surface area contributed by atoms with Crippen LogP contribution in [0.4, 0.5) is 0 Å². The Hall–Kier alpha value is -2.26. The molecule has 0 radical (unpaired) electrons. The minimum absolute atomic E-state index is 0.0387. The molecule has 2 heterocycles. The van der Waals surface area contributed by atoms with Gasteiger partial charge in [-0.05, 0) is 51.8 Å². The minimum Gasteiger partial charge on any atom is -0.342 e. The minimum atomic E-state index is -3.63. The number of sulfonamides is 1. The third-order valence-electron chi connectivity index (χ3n) is 5.59. The fraction of sp³-hybridized carbons (Fsp3) is 0.550. The zero-order valence-electron chi connectivity index (χ0n) is 17.2. The molecule has 1 aromatic carbocycles. The Kier molecular flexibility index (Phi) is 6.38. The normalized spacial score (nSPS) is 18.1. The molecule has 1 unspecified atom stereocenters. The first-order valence-electron chi connectivity index (χ1n) is 10.1. The molecule has 8 nitrogen and oxygen atoms in total. The number of carbonyl (C=O) groups excluding carboxylic acids is 1. The summed E-state index contributed by atoms with van der Waals surface area (Å²) < 4.78 is 29.1. The van der Waals surface area contributed by atoms with Crippen molar-refractivity contribution in [3.05, 3.63) is 34.9 Å². The molecule has 29 heavy (non-hydrogen) atoms. The van der Waals surface area contributed by atoms with Gasteiger partial charge in [0.15, 0.2) is 0 Å². The predicted octanol–water partition coefficient (Wildman–Crippen LogP) is 1.83. The van der Waals surface area contributed by atoms with Crippen molar-refractivity contribution >= 4 is 26.8 Å². The molecule has 0 saturated carbocycles. The molecule has 9 heteroatoms.